The van der Waals surface area contributed by atoms with Gasteiger partial charge in [0.2, 0.25) is 5.75 Å². The van der Waals surface area contributed by atoms with Gasteiger partial charge in [0.1, 0.15) is 22.5 Å². The van der Waals surface area contributed by atoms with Crippen molar-refractivity contribution in [3.8, 4) is 34.3 Å². The molecule has 5 aromatic rings. The first-order valence-electron chi connectivity index (χ1n) is 12.6. The Kier molecular flexibility index (Phi) is 7.56. The second-order valence-electron chi connectivity index (χ2n) is 9.16. The van der Waals surface area contributed by atoms with Crippen LogP contribution in [0, 0.1) is 0 Å². The number of phenolic OH excluding ortho intramolecular Hbond substituents is 2. The molecule has 0 spiro atoms. The van der Waals surface area contributed by atoms with Gasteiger partial charge in [-0.2, -0.15) is 0 Å². The predicted octanol–water partition coefficient (Wildman–Crippen LogP) is 5.34. The van der Waals surface area contributed by atoms with E-state index in [4.69, 9.17) is 13.9 Å². The molecule has 0 aliphatic rings. The number of aliphatic hydroxyl groups is 1. The fourth-order valence-electron chi connectivity index (χ4n) is 4.80. The van der Waals surface area contributed by atoms with Crippen molar-refractivity contribution in [2.45, 2.75) is 18.8 Å². The average molecular weight is 528 g/mol. The lowest BCUT2D eigenvalue weighted by Gasteiger charge is -2.23. The van der Waals surface area contributed by atoms with Crippen molar-refractivity contribution in [1.82, 2.24) is 4.98 Å². The summed E-state index contributed by atoms with van der Waals surface area (Å²) in [5, 5.41) is 30.9. The maximum absolute atomic E-state index is 13.7. The van der Waals surface area contributed by atoms with Crippen molar-refractivity contribution in [1.29, 1.82) is 0 Å². The lowest BCUT2D eigenvalue weighted by atomic mass is 9.85. The third-order valence-electron chi connectivity index (χ3n) is 6.66. The SMILES string of the molecule is COc1c(O)c([C@H](Cc2ccccc2)c2cc[nH]c2)c2oc(-c3ccc(O)cc3)cc(=O)c2c1OCCCO. The summed E-state index contributed by atoms with van der Waals surface area (Å²) in [7, 11) is 1.40. The number of hydrogen-bond acceptors (Lipinski definition) is 7. The fraction of sp³-hybridized carbons (Fsp3) is 0.194. The number of phenols is 2. The van der Waals surface area contributed by atoms with Crippen molar-refractivity contribution in [2.24, 2.45) is 0 Å². The summed E-state index contributed by atoms with van der Waals surface area (Å²) in [6.07, 6.45) is 4.47. The van der Waals surface area contributed by atoms with Gasteiger partial charge in [0, 0.05) is 48.5 Å². The first-order chi connectivity index (χ1) is 19.0. The number of benzene rings is 3. The van der Waals surface area contributed by atoms with Crippen LogP contribution < -0.4 is 14.9 Å². The van der Waals surface area contributed by atoms with Crippen LogP contribution in [0.25, 0.3) is 22.3 Å². The third kappa shape index (κ3) is 5.19. The molecule has 0 aliphatic heterocycles. The van der Waals surface area contributed by atoms with E-state index in [2.05, 4.69) is 4.98 Å². The number of rotatable bonds is 10. The van der Waals surface area contributed by atoms with E-state index in [9.17, 15) is 20.1 Å². The Morgan fingerprint density at radius 2 is 1.77 bits per heavy atom. The van der Waals surface area contributed by atoms with E-state index in [1.165, 1.54) is 25.3 Å². The zero-order valence-corrected chi connectivity index (χ0v) is 21.4. The molecule has 2 heterocycles. The van der Waals surface area contributed by atoms with E-state index >= 15 is 0 Å². The van der Waals surface area contributed by atoms with Crippen LogP contribution in [0.1, 0.15) is 29.0 Å². The molecule has 0 saturated heterocycles. The molecule has 5 rings (SSSR count). The molecule has 0 fully saturated rings. The van der Waals surface area contributed by atoms with Gasteiger partial charge in [-0.15, -0.1) is 0 Å². The molecular formula is C31H29NO7. The molecule has 39 heavy (non-hydrogen) atoms. The average Bonchev–Trinajstić information content (AvgIpc) is 3.48. The normalized spacial score (nSPS) is 11.9. The van der Waals surface area contributed by atoms with Gasteiger partial charge in [0.15, 0.2) is 16.9 Å². The van der Waals surface area contributed by atoms with E-state index in [1.54, 1.807) is 18.3 Å². The highest BCUT2D eigenvalue weighted by molar-refractivity contribution is 5.94. The Morgan fingerprint density at radius 1 is 1.00 bits per heavy atom. The van der Waals surface area contributed by atoms with Gasteiger partial charge < -0.3 is 34.2 Å². The molecule has 4 N–H and O–H groups in total. The summed E-state index contributed by atoms with van der Waals surface area (Å²) in [5.74, 6) is -0.182. The first-order valence-corrected chi connectivity index (χ1v) is 12.6. The minimum atomic E-state index is -0.417. The molecule has 200 valence electrons. The second kappa shape index (κ2) is 11.4. The van der Waals surface area contributed by atoms with Crippen molar-refractivity contribution in [2.75, 3.05) is 20.3 Å². The van der Waals surface area contributed by atoms with E-state index in [-0.39, 0.29) is 58.4 Å². The highest BCUT2D eigenvalue weighted by Gasteiger charge is 2.31. The van der Waals surface area contributed by atoms with Gasteiger partial charge in [-0.25, -0.2) is 0 Å². The van der Waals surface area contributed by atoms with E-state index < -0.39 is 5.92 Å². The first kappa shape index (κ1) is 25.9. The lowest BCUT2D eigenvalue weighted by Crippen LogP contribution is -2.12. The number of H-pyrrole nitrogens is 1. The Balaban J connectivity index is 1.83. The predicted molar refractivity (Wildman–Crippen MR) is 148 cm³/mol. The van der Waals surface area contributed by atoms with Gasteiger partial charge >= 0.3 is 0 Å². The molecule has 8 nitrogen and oxygen atoms in total. The maximum Gasteiger partial charge on any atom is 0.204 e. The molecule has 8 heteroatoms. The largest absolute Gasteiger partial charge is 0.508 e. The fourth-order valence-corrected chi connectivity index (χ4v) is 4.80. The topological polar surface area (TPSA) is 125 Å². The molecular weight excluding hydrogens is 498 g/mol. The Labute approximate surface area is 224 Å². The van der Waals surface area contributed by atoms with E-state index in [0.29, 0.717) is 24.0 Å². The summed E-state index contributed by atoms with van der Waals surface area (Å²) >= 11 is 0. The van der Waals surface area contributed by atoms with Crippen LogP contribution >= 0.6 is 0 Å². The molecule has 0 unspecified atom stereocenters. The van der Waals surface area contributed by atoms with Crippen LogP contribution in [0.3, 0.4) is 0 Å². The van der Waals surface area contributed by atoms with Crippen molar-refractivity contribution >= 4 is 11.0 Å². The molecule has 1 atom stereocenters. The van der Waals surface area contributed by atoms with E-state index in [1.807, 2.05) is 42.6 Å². The van der Waals surface area contributed by atoms with Crippen LogP contribution in [0.5, 0.6) is 23.0 Å². The van der Waals surface area contributed by atoms with Crippen LogP contribution in [0.4, 0.5) is 0 Å². The lowest BCUT2D eigenvalue weighted by molar-refractivity contribution is 0.228. The zero-order valence-electron chi connectivity index (χ0n) is 21.4. The number of nitrogens with one attached hydrogen (secondary N) is 1. The summed E-state index contributed by atoms with van der Waals surface area (Å²) in [6.45, 7) is 0.00170. The number of methoxy groups -OCH3 is 1. The monoisotopic (exact) mass is 527 g/mol. The number of aromatic hydroxyl groups is 2. The van der Waals surface area contributed by atoms with Crippen molar-refractivity contribution in [3.63, 3.8) is 0 Å². The van der Waals surface area contributed by atoms with Gasteiger partial charge in [-0.05, 0) is 47.9 Å². The molecule has 0 aliphatic carbocycles. The maximum atomic E-state index is 13.7. The smallest absolute Gasteiger partial charge is 0.204 e. The van der Waals surface area contributed by atoms with Crippen LogP contribution in [0.2, 0.25) is 0 Å². The number of ether oxygens (including phenoxy) is 2. The summed E-state index contributed by atoms with van der Waals surface area (Å²) in [4.78, 5) is 16.8. The van der Waals surface area contributed by atoms with Crippen molar-refractivity contribution < 1.29 is 29.2 Å². The molecule has 0 amide bonds. The highest BCUT2D eigenvalue weighted by Crippen LogP contribution is 2.50. The van der Waals surface area contributed by atoms with Crippen molar-refractivity contribution in [3.05, 3.63) is 106 Å². The standard InChI is InChI=1S/C31H29NO7/c1-37-31-28(36)26(23(21-12-13-32-18-21)16-19-6-3-2-4-7-19)29-27(30(31)38-15-5-14-33)24(35)17-25(39-29)20-8-10-22(34)11-9-20/h2-4,6-13,17-18,23,32-34,36H,5,14-16H2,1H3/t23-/m1/s1. The number of aliphatic hydroxyl groups excluding tert-OH is 1. The molecule has 0 bridgehead atoms. The molecule has 2 aromatic heterocycles. The quantitative estimate of drug-likeness (QED) is 0.181. The van der Waals surface area contributed by atoms with Crippen LogP contribution in [-0.2, 0) is 6.42 Å². The summed E-state index contributed by atoms with van der Waals surface area (Å²) < 4.78 is 17.9. The second-order valence-corrected chi connectivity index (χ2v) is 9.16. The van der Waals surface area contributed by atoms with Crippen LogP contribution in [0.15, 0.2) is 88.3 Å². The minimum Gasteiger partial charge on any atom is -0.508 e. The minimum absolute atomic E-state index is 0.0220. The van der Waals surface area contributed by atoms with Gasteiger partial charge in [0.25, 0.3) is 0 Å². The van der Waals surface area contributed by atoms with Crippen LogP contribution in [-0.4, -0.2) is 40.6 Å². The van der Waals surface area contributed by atoms with Gasteiger partial charge in [0.05, 0.1) is 13.7 Å². The van der Waals surface area contributed by atoms with Gasteiger partial charge in [-0.3, -0.25) is 4.79 Å². The highest BCUT2D eigenvalue weighted by atomic mass is 16.5. The number of fused-ring (bicyclic) bond motifs is 1. The summed E-state index contributed by atoms with van der Waals surface area (Å²) in [6, 6.07) is 19.4. The summed E-state index contributed by atoms with van der Waals surface area (Å²) in [5.41, 5.74) is 2.66. The molecule has 0 radical (unpaired) electrons. The third-order valence-corrected chi connectivity index (χ3v) is 6.66. The molecule has 0 saturated carbocycles. The Hall–Kier alpha value is -4.69. The van der Waals surface area contributed by atoms with Gasteiger partial charge in [-0.1, -0.05) is 30.3 Å². The number of aromatic amines is 1. The number of hydrogen-bond donors (Lipinski definition) is 4. The Bertz CT molecular complexity index is 1610. The number of aromatic nitrogens is 1. The van der Waals surface area contributed by atoms with E-state index in [0.717, 1.165) is 11.1 Å². The Morgan fingerprint density at radius 3 is 2.44 bits per heavy atom. The molecule has 3 aromatic carbocycles. The zero-order chi connectivity index (χ0) is 27.4.